The molecule has 0 saturated carbocycles. The topological polar surface area (TPSA) is 92.5 Å². The number of hydrogen-bond donors (Lipinski definition) is 2. The molecular formula is C16H13N3O3. The zero-order valence-electron chi connectivity index (χ0n) is 11.8. The molecule has 0 spiro atoms. The maximum atomic E-state index is 12.1. The number of nitrogens with two attached hydrogens (primary N) is 1. The van der Waals surface area contributed by atoms with Crippen LogP contribution in [0.1, 0.15) is 31.1 Å². The van der Waals surface area contributed by atoms with Gasteiger partial charge < -0.3 is 11.1 Å². The van der Waals surface area contributed by atoms with Crippen molar-refractivity contribution in [3.05, 3.63) is 59.2 Å². The molecule has 110 valence electrons. The Morgan fingerprint density at radius 1 is 1.00 bits per heavy atom. The minimum atomic E-state index is -0.372. The molecule has 22 heavy (non-hydrogen) atoms. The van der Waals surface area contributed by atoms with Crippen LogP contribution < -0.4 is 11.1 Å². The quantitative estimate of drug-likeness (QED) is 0.652. The summed E-state index contributed by atoms with van der Waals surface area (Å²) in [5.74, 6) is -1.02. The molecule has 1 aliphatic rings. The highest BCUT2D eigenvalue weighted by molar-refractivity contribution is 6.21. The second kappa shape index (κ2) is 5.00. The number of fused-ring (bicyclic) bond motifs is 1. The van der Waals surface area contributed by atoms with Crippen LogP contribution in [0.4, 0.5) is 11.4 Å². The van der Waals surface area contributed by atoms with E-state index in [-0.39, 0.29) is 17.7 Å². The summed E-state index contributed by atoms with van der Waals surface area (Å²) in [6.07, 6.45) is 0. The summed E-state index contributed by atoms with van der Waals surface area (Å²) in [7, 11) is 1.43. The van der Waals surface area contributed by atoms with Crippen LogP contribution in [0, 0.1) is 0 Å². The van der Waals surface area contributed by atoms with Crippen LogP contribution in [-0.4, -0.2) is 29.7 Å². The summed E-state index contributed by atoms with van der Waals surface area (Å²) in [4.78, 5) is 36.9. The molecule has 1 heterocycles. The van der Waals surface area contributed by atoms with Gasteiger partial charge in [0.1, 0.15) is 0 Å². The van der Waals surface area contributed by atoms with Gasteiger partial charge in [-0.3, -0.25) is 19.3 Å². The summed E-state index contributed by atoms with van der Waals surface area (Å²) in [6, 6.07) is 11.1. The molecule has 2 aromatic rings. The van der Waals surface area contributed by atoms with Crippen LogP contribution in [0.2, 0.25) is 0 Å². The van der Waals surface area contributed by atoms with Gasteiger partial charge in [-0.25, -0.2) is 0 Å². The highest BCUT2D eigenvalue weighted by Crippen LogP contribution is 2.25. The van der Waals surface area contributed by atoms with Gasteiger partial charge in [-0.2, -0.15) is 0 Å². The molecule has 0 unspecified atom stereocenters. The van der Waals surface area contributed by atoms with Crippen molar-refractivity contribution in [3.63, 3.8) is 0 Å². The molecule has 0 radical (unpaired) electrons. The van der Waals surface area contributed by atoms with Crippen molar-refractivity contribution in [2.24, 2.45) is 0 Å². The number of benzene rings is 2. The van der Waals surface area contributed by atoms with E-state index in [0.29, 0.717) is 28.1 Å². The van der Waals surface area contributed by atoms with Crippen molar-refractivity contribution in [1.29, 1.82) is 0 Å². The molecule has 0 aromatic heterocycles. The maximum Gasteiger partial charge on any atom is 0.261 e. The van der Waals surface area contributed by atoms with Gasteiger partial charge >= 0.3 is 0 Å². The van der Waals surface area contributed by atoms with Crippen molar-refractivity contribution in [2.75, 3.05) is 18.1 Å². The fourth-order valence-electron chi connectivity index (χ4n) is 2.28. The van der Waals surface area contributed by atoms with Crippen molar-refractivity contribution in [1.82, 2.24) is 4.90 Å². The summed E-state index contributed by atoms with van der Waals surface area (Å²) >= 11 is 0. The largest absolute Gasteiger partial charge is 0.399 e. The monoisotopic (exact) mass is 295 g/mol. The van der Waals surface area contributed by atoms with Gasteiger partial charge in [0, 0.05) is 24.0 Å². The highest BCUT2D eigenvalue weighted by Gasteiger charge is 2.32. The van der Waals surface area contributed by atoms with Gasteiger partial charge in [0.15, 0.2) is 0 Å². The Morgan fingerprint density at radius 3 is 2.32 bits per heavy atom. The van der Waals surface area contributed by atoms with Crippen LogP contribution in [-0.2, 0) is 0 Å². The van der Waals surface area contributed by atoms with E-state index in [2.05, 4.69) is 5.32 Å². The van der Waals surface area contributed by atoms with Crippen LogP contribution in [0.15, 0.2) is 42.5 Å². The van der Waals surface area contributed by atoms with E-state index in [1.807, 2.05) is 0 Å². The lowest BCUT2D eigenvalue weighted by molar-refractivity contribution is 0.0692. The zero-order chi connectivity index (χ0) is 15.9. The second-order valence-electron chi connectivity index (χ2n) is 5.01. The fourth-order valence-corrected chi connectivity index (χ4v) is 2.28. The fraction of sp³-hybridized carbons (Fsp3) is 0.0625. The summed E-state index contributed by atoms with van der Waals surface area (Å²) in [5, 5.41) is 2.70. The van der Waals surface area contributed by atoms with Gasteiger partial charge in [-0.05, 0) is 42.5 Å². The number of nitrogen functional groups attached to an aromatic ring is 1. The van der Waals surface area contributed by atoms with E-state index in [1.165, 1.54) is 19.2 Å². The van der Waals surface area contributed by atoms with Gasteiger partial charge in [0.05, 0.1) is 11.1 Å². The molecule has 6 nitrogen and oxygen atoms in total. The Morgan fingerprint density at radius 2 is 1.64 bits per heavy atom. The number of amides is 3. The van der Waals surface area contributed by atoms with E-state index >= 15 is 0 Å². The number of rotatable bonds is 2. The number of carbonyl (C=O) groups is 3. The molecular weight excluding hydrogens is 282 g/mol. The minimum absolute atomic E-state index is 0.294. The second-order valence-corrected chi connectivity index (χ2v) is 5.01. The lowest BCUT2D eigenvalue weighted by Gasteiger charge is -2.06. The normalized spacial score (nSPS) is 13.2. The standard InChI is InChI=1S/C16H13N3O3/c1-19-15(21)12-7-6-11(8-13(12)16(19)22)18-14(20)9-2-4-10(17)5-3-9/h2-8H,17H2,1H3,(H,18,20). The first-order valence-corrected chi connectivity index (χ1v) is 6.60. The Bertz CT molecular complexity index is 797. The smallest absolute Gasteiger partial charge is 0.261 e. The number of carbonyl (C=O) groups excluding carboxylic acids is 3. The van der Waals surface area contributed by atoms with Gasteiger partial charge in [0.2, 0.25) is 0 Å². The molecule has 3 rings (SSSR count). The molecule has 6 heteroatoms. The molecule has 2 aromatic carbocycles. The number of imide groups is 1. The third kappa shape index (κ3) is 2.20. The number of anilines is 2. The number of hydrogen-bond acceptors (Lipinski definition) is 4. The van der Waals surface area contributed by atoms with Gasteiger partial charge in [-0.1, -0.05) is 0 Å². The van der Waals surface area contributed by atoms with Crippen LogP contribution in [0.3, 0.4) is 0 Å². The SMILES string of the molecule is CN1C(=O)c2ccc(NC(=O)c3ccc(N)cc3)cc2C1=O. The first-order valence-electron chi connectivity index (χ1n) is 6.60. The Kier molecular flexibility index (Phi) is 3.14. The molecule has 0 aliphatic carbocycles. The van der Waals surface area contributed by atoms with E-state index in [9.17, 15) is 14.4 Å². The summed E-state index contributed by atoms with van der Waals surface area (Å²) < 4.78 is 0. The third-order valence-electron chi connectivity index (χ3n) is 3.52. The number of nitrogens with one attached hydrogen (secondary N) is 1. The predicted molar refractivity (Wildman–Crippen MR) is 81.7 cm³/mol. The van der Waals surface area contributed by atoms with Crippen LogP contribution in [0.5, 0.6) is 0 Å². The first kappa shape index (κ1) is 13.8. The average Bonchev–Trinajstić information content (AvgIpc) is 2.72. The van der Waals surface area contributed by atoms with E-state index in [4.69, 9.17) is 5.73 Å². The molecule has 3 N–H and O–H groups in total. The summed E-state index contributed by atoms with van der Waals surface area (Å²) in [6.45, 7) is 0. The Hall–Kier alpha value is -3.15. The lowest BCUT2D eigenvalue weighted by atomic mass is 10.1. The minimum Gasteiger partial charge on any atom is -0.399 e. The molecule has 0 bridgehead atoms. The van der Waals surface area contributed by atoms with Gasteiger partial charge in [-0.15, -0.1) is 0 Å². The maximum absolute atomic E-state index is 12.1. The van der Waals surface area contributed by atoms with Crippen molar-refractivity contribution >= 4 is 29.1 Å². The van der Waals surface area contributed by atoms with Crippen molar-refractivity contribution in [2.45, 2.75) is 0 Å². The molecule has 0 atom stereocenters. The predicted octanol–water partition coefficient (Wildman–Crippen LogP) is 1.75. The Labute approximate surface area is 126 Å². The third-order valence-corrected chi connectivity index (χ3v) is 3.52. The van der Waals surface area contributed by atoms with E-state index in [1.54, 1.807) is 30.3 Å². The number of nitrogens with zero attached hydrogens (tertiary/aromatic N) is 1. The van der Waals surface area contributed by atoms with E-state index in [0.717, 1.165) is 4.90 Å². The molecule has 0 saturated heterocycles. The molecule has 3 amide bonds. The van der Waals surface area contributed by atoms with Crippen molar-refractivity contribution < 1.29 is 14.4 Å². The Balaban J connectivity index is 1.86. The summed E-state index contributed by atoms with van der Waals surface area (Å²) in [5.41, 5.74) is 7.69. The van der Waals surface area contributed by atoms with Crippen LogP contribution >= 0.6 is 0 Å². The highest BCUT2D eigenvalue weighted by atomic mass is 16.2. The zero-order valence-corrected chi connectivity index (χ0v) is 11.8. The van der Waals surface area contributed by atoms with E-state index < -0.39 is 0 Å². The average molecular weight is 295 g/mol. The van der Waals surface area contributed by atoms with Gasteiger partial charge in [0.25, 0.3) is 17.7 Å². The molecule has 1 aliphatic heterocycles. The molecule has 0 fully saturated rings. The van der Waals surface area contributed by atoms with Crippen LogP contribution in [0.25, 0.3) is 0 Å². The lowest BCUT2D eigenvalue weighted by Crippen LogP contribution is -2.24. The first-order chi connectivity index (χ1) is 10.5. The van der Waals surface area contributed by atoms with Crippen molar-refractivity contribution in [3.8, 4) is 0 Å².